The molecule has 1 atom stereocenters. The van der Waals surface area contributed by atoms with Gasteiger partial charge in [0.1, 0.15) is 11.5 Å². The number of hydrogen-bond acceptors (Lipinski definition) is 3. The fourth-order valence-electron chi connectivity index (χ4n) is 3.33. The molecule has 1 aromatic heterocycles. The maximum absolute atomic E-state index is 13.3. The van der Waals surface area contributed by atoms with Gasteiger partial charge < -0.3 is 10.2 Å². The van der Waals surface area contributed by atoms with Crippen LogP contribution in [0, 0.1) is 5.82 Å². The highest BCUT2D eigenvalue weighted by Gasteiger charge is 2.31. The maximum Gasteiger partial charge on any atom is 0.277 e. The van der Waals surface area contributed by atoms with Crippen LogP contribution in [-0.2, 0) is 6.42 Å². The zero-order valence-corrected chi connectivity index (χ0v) is 14.3. The quantitative estimate of drug-likeness (QED) is 0.756. The van der Waals surface area contributed by atoms with Gasteiger partial charge in [0.25, 0.3) is 5.91 Å². The Morgan fingerprint density at radius 1 is 1.12 bits per heavy atom. The van der Waals surface area contributed by atoms with Crippen molar-refractivity contribution >= 4 is 23.0 Å². The molecule has 5 heteroatoms. The van der Waals surface area contributed by atoms with Gasteiger partial charge in [-0.2, -0.15) is 0 Å². The first-order valence-electron chi connectivity index (χ1n) is 8.52. The van der Waals surface area contributed by atoms with E-state index in [2.05, 4.69) is 16.4 Å². The van der Waals surface area contributed by atoms with Gasteiger partial charge in [0.15, 0.2) is 0 Å². The molecule has 0 saturated heterocycles. The van der Waals surface area contributed by atoms with Crippen molar-refractivity contribution in [3.05, 3.63) is 83.9 Å². The lowest BCUT2D eigenvalue weighted by Crippen LogP contribution is -2.36. The fraction of sp³-hybridized carbons (Fsp3) is 0.143. The summed E-state index contributed by atoms with van der Waals surface area (Å²) in [5, 5.41) is 3.08. The normalized spacial score (nSPS) is 15.6. The standard InChI is InChI=1S/C21H18FN3O/c1-14-11-15-5-2-3-8-20(15)25(14)21(26)19-10-9-18(13-23-19)24-17-7-4-6-16(22)12-17/h2-10,12-14,24H,11H2,1H3. The van der Waals surface area contributed by atoms with Crippen molar-refractivity contribution in [3.8, 4) is 0 Å². The second-order valence-electron chi connectivity index (χ2n) is 6.42. The van der Waals surface area contributed by atoms with Crippen molar-refractivity contribution in [3.63, 3.8) is 0 Å². The molecule has 1 N–H and O–H groups in total. The van der Waals surface area contributed by atoms with E-state index in [4.69, 9.17) is 0 Å². The number of aromatic nitrogens is 1. The first-order valence-corrected chi connectivity index (χ1v) is 8.52. The minimum absolute atomic E-state index is 0.104. The smallest absolute Gasteiger partial charge is 0.277 e. The minimum Gasteiger partial charge on any atom is -0.354 e. The van der Waals surface area contributed by atoms with Crippen LogP contribution in [0.4, 0.5) is 21.5 Å². The number of nitrogens with one attached hydrogen (secondary N) is 1. The van der Waals surface area contributed by atoms with Crippen molar-refractivity contribution in [1.29, 1.82) is 0 Å². The fourth-order valence-corrected chi connectivity index (χ4v) is 3.33. The van der Waals surface area contributed by atoms with Crippen LogP contribution in [0.2, 0.25) is 0 Å². The summed E-state index contributed by atoms with van der Waals surface area (Å²) in [5.74, 6) is -0.420. The highest BCUT2D eigenvalue weighted by atomic mass is 19.1. The number of benzene rings is 2. The average molecular weight is 347 g/mol. The molecule has 1 unspecified atom stereocenters. The molecule has 0 bridgehead atoms. The Morgan fingerprint density at radius 3 is 2.73 bits per heavy atom. The van der Waals surface area contributed by atoms with Crippen LogP contribution in [0.15, 0.2) is 66.9 Å². The topological polar surface area (TPSA) is 45.2 Å². The van der Waals surface area contributed by atoms with E-state index in [0.29, 0.717) is 17.1 Å². The lowest BCUT2D eigenvalue weighted by atomic mass is 10.1. The van der Waals surface area contributed by atoms with Gasteiger partial charge in [0.05, 0.1) is 11.9 Å². The van der Waals surface area contributed by atoms with Crippen molar-refractivity contribution in [2.75, 3.05) is 10.2 Å². The average Bonchev–Trinajstić information content (AvgIpc) is 2.97. The molecule has 130 valence electrons. The number of rotatable bonds is 3. The first kappa shape index (κ1) is 16.3. The predicted molar refractivity (Wildman–Crippen MR) is 100 cm³/mol. The zero-order valence-electron chi connectivity index (χ0n) is 14.3. The van der Waals surface area contributed by atoms with Crippen molar-refractivity contribution in [2.24, 2.45) is 0 Å². The molecule has 2 aromatic carbocycles. The molecule has 0 saturated carbocycles. The lowest BCUT2D eigenvalue weighted by Gasteiger charge is -2.22. The van der Waals surface area contributed by atoms with E-state index in [1.54, 1.807) is 35.4 Å². The summed E-state index contributed by atoms with van der Waals surface area (Å²) in [5.41, 5.74) is 3.85. The molecule has 2 heterocycles. The molecule has 0 radical (unpaired) electrons. The van der Waals surface area contributed by atoms with Crippen LogP contribution in [0.1, 0.15) is 23.0 Å². The van der Waals surface area contributed by atoms with E-state index >= 15 is 0 Å². The van der Waals surface area contributed by atoms with Crippen LogP contribution in [0.3, 0.4) is 0 Å². The highest BCUT2D eigenvalue weighted by molar-refractivity contribution is 6.06. The third kappa shape index (κ3) is 3.04. The van der Waals surface area contributed by atoms with E-state index in [-0.39, 0.29) is 17.8 Å². The number of hydrogen-bond donors (Lipinski definition) is 1. The van der Waals surface area contributed by atoms with E-state index < -0.39 is 0 Å². The maximum atomic E-state index is 13.3. The number of carbonyl (C=O) groups is 1. The van der Waals surface area contributed by atoms with Crippen LogP contribution in [-0.4, -0.2) is 16.9 Å². The third-order valence-corrected chi connectivity index (χ3v) is 4.52. The van der Waals surface area contributed by atoms with E-state index in [0.717, 1.165) is 12.1 Å². The van der Waals surface area contributed by atoms with Crippen molar-refractivity contribution in [1.82, 2.24) is 4.98 Å². The molecule has 1 amide bonds. The van der Waals surface area contributed by atoms with Crippen LogP contribution < -0.4 is 10.2 Å². The summed E-state index contributed by atoms with van der Waals surface area (Å²) >= 11 is 0. The van der Waals surface area contributed by atoms with E-state index in [1.807, 2.05) is 25.1 Å². The Balaban J connectivity index is 1.54. The number of amides is 1. The SMILES string of the molecule is CC1Cc2ccccc2N1C(=O)c1ccc(Nc2cccc(F)c2)cn1. The van der Waals surface area contributed by atoms with Crippen LogP contribution >= 0.6 is 0 Å². The largest absolute Gasteiger partial charge is 0.354 e. The number of fused-ring (bicyclic) bond motifs is 1. The predicted octanol–water partition coefficient (Wildman–Crippen LogP) is 4.56. The zero-order chi connectivity index (χ0) is 18.1. The molecule has 26 heavy (non-hydrogen) atoms. The number of nitrogens with zero attached hydrogens (tertiary/aromatic N) is 2. The second kappa shape index (κ2) is 6.59. The van der Waals surface area contributed by atoms with E-state index in [9.17, 15) is 9.18 Å². The number of para-hydroxylation sites is 1. The summed E-state index contributed by atoms with van der Waals surface area (Å²) in [4.78, 5) is 19.0. The molecular weight excluding hydrogens is 329 g/mol. The Labute approximate surface area is 151 Å². The van der Waals surface area contributed by atoms with E-state index in [1.165, 1.54) is 17.7 Å². The molecular formula is C21H18FN3O. The summed E-state index contributed by atoms with van der Waals surface area (Å²) in [6, 6.07) is 17.7. The van der Waals surface area contributed by atoms with Gasteiger partial charge in [-0.1, -0.05) is 24.3 Å². The number of pyridine rings is 1. The molecule has 4 nitrogen and oxygen atoms in total. The number of anilines is 3. The van der Waals surface area contributed by atoms with Crippen molar-refractivity contribution < 1.29 is 9.18 Å². The minimum atomic E-state index is -0.309. The van der Waals surface area contributed by atoms with Gasteiger partial charge >= 0.3 is 0 Å². The lowest BCUT2D eigenvalue weighted by molar-refractivity contribution is 0.0976. The Bertz CT molecular complexity index is 955. The Hall–Kier alpha value is -3.21. The van der Waals surface area contributed by atoms with Gasteiger partial charge in [0, 0.05) is 17.4 Å². The Morgan fingerprint density at radius 2 is 1.96 bits per heavy atom. The van der Waals surface area contributed by atoms with Gasteiger partial charge in [-0.15, -0.1) is 0 Å². The summed E-state index contributed by atoms with van der Waals surface area (Å²) in [6.07, 6.45) is 2.44. The van der Waals surface area contributed by atoms with Gasteiger partial charge in [-0.05, 0) is 55.3 Å². The molecule has 1 aliphatic heterocycles. The van der Waals surface area contributed by atoms with Gasteiger partial charge in [-0.25, -0.2) is 9.37 Å². The van der Waals surface area contributed by atoms with Gasteiger partial charge in [-0.3, -0.25) is 4.79 Å². The monoisotopic (exact) mass is 347 g/mol. The van der Waals surface area contributed by atoms with Gasteiger partial charge in [0.2, 0.25) is 0 Å². The first-order chi connectivity index (χ1) is 12.6. The molecule has 4 rings (SSSR count). The van der Waals surface area contributed by atoms with Crippen LogP contribution in [0.5, 0.6) is 0 Å². The molecule has 1 aliphatic rings. The summed E-state index contributed by atoms with van der Waals surface area (Å²) in [6.45, 7) is 2.04. The molecule has 0 spiro atoms. The van der Waals surface area contributed by atoms with Crippen molar-refractivity contribution in [2.45, 2.75) is 19.4 Å². The second-order valence-corrected chi connectivity index (χ2v) is 6.42. The van der Waals surface area contributed by atoms with Crippen LogP contribution in [0.25, 0.3) is 0 Å². The third-order valence-electron chi connectivity index (χ3n) is 4.52. The summed E-state index contributed by atoms with van der Waals surface area (Å²) < 4.78 is 13.3. The summed E-state index contributed by atoms with van der Waals surface area (Å²) in [7, 11) is 0. The number of halogens is 1. The molecule has 0 aliphatic carbocycles. The number of carbonyl (C=O) groups excluding carboxylic acids is 1. The Kier molecular flexibility index (Phi) is 4.13. The molecule has 0 fully saturated rings. The highest BCUT2D eigenvalue weighted by Crippen LogP contribution is 2.32. The molecule has 3 aromatic rings.